The van der Waals surface area contributed by atoms with Gasteiger partial charge in [0.1, 0.15) is 0 Å². The van der Waals surface area contributed by atoms with Gasteiger partial charge in [0.2, 0.25) is 0 Å². The van der Waals surface area contributed by atoms with Crippen LogP contribution in [0.15, 0.2) is 48.7 Å². The number of pyridine rings is 1. The molecule has 0 fully saturated rings. The Kier molecular flexibility index (Phi) is 4.07. The minimum Gasteiger partial charge on any atom is -0.323 e. The van der Waals surface area contributed by atoms with Crippen molar-refractivity contribution in [3.8, 4) is 0 Å². The molecule has 2 rings (SSSR count). The molecule has 3 heteroatoms. The van der Waals surface area contributed by atoms with Gasteiger partial charge in [0, 0.05) is 29.4 Å². The van der Waals surface area contributed by atoms with E-state index in [9.17, 15) is 4.79 Å². The van der Waals surface area contributed by atoms with Crippen LogP contribution in [-0.4, -0.2) is 10.8 Å². The Bertz CT molecular complexity index is 549. The van der Waals surface area contributed by atoms with E-state index in [-0.39, 0.29) is 17.7 Å². The highest BCUT2D eigenvalue weighted by Gasteiger charge is 2.23. The van der Waals surface area contributed by atoms with Crippen LogP contribution in [0.2, 0.25) is 0 Å². The number of nitrogens with two attached hydrogens (primary N) is 1. The predicted octanol–water partition coefficient (Wildman–Crippen LogP) is 2.91. The molecule has 0 radical (unpaired) electrons. The molecule has 98 valence electrons. The second-order valence-corrected chi connectivity index (χ2v) is 4.78. The molecule has 0 amide bonds. The average molecular weight is 254 g/mol. The van der Waals surface area contributed by atoms with Crippen molar-refractivity contribution in [2.45, 2.75) is 19.9 Å². The topological polar surface area (TPSA) is 56.0 Å². The third-order valence-corrected chi connectivity index (χ3v) is 3.33. The zero-order valence-electron chi connectivity index (χ0n) is 11.2. The Morgan fingerprint density at radius 1 is 1.16 bits per heavy atom. The molecule has 3 nitrogen and oxygen atoms in total. The first-order valence-corrected chi connectivity index (χ1v) is 6.37. The summed E-state index contributed by atoms with van der Waals surface area (Å²) in [4.78, 5) is 16.5. The number of rotatable bonds is 4. The molecule has 1 heterocycles. The molecule has 0 saturated heterocycles. The molecule has 0 bridgehead atoms. The van der Waals surface area contributed by atoms with Crippen molar-refractivity contribution >= 4 is 5.78 Å². The lowest BCUT2D eigenvalue weighted by molar-refractivity contribution is 0.0912. The van der Waals surface area contributed by atoms with Gasteiger partial charge in [-0.05, 0) is 24.6 Å². The lowest BCUT2D eigenvalue weighted by atomic mass is 9.89. The van der Waals surface area contributed by atoms with Gasteiger partial charge in [-0.3, -0.25) is 9.78 Å². The smallest absolute Gasteiger partial charge is 0.169 e. The molecule has 2 atom stereocenters. The molecular weight excluding hydrogens is 236 g/mol. The third-order valence-electron chi connectivity index (χ3n) is 3.33. The Hall–Kier alpha value is -2.00. The zero-order chi connectivity index (χ0) is 13.8. The van der Waals surface area contributed by atoms with Crippen LogP contribution in [0.5, 0.6) is 0 Å². The molecule has 0 aliphatic rings. The van der Waals surface area contributed by atoms with Crippen molar-refractivity contribution in [3.05, 3.63) is 65.5 Å². The number of carbonyl (C=O) groups is 1. The van der Waals surface area contributed by atoms with E-state index < -0.39 is 0 Å². The van der Waals surface area contributed by atoms with Crippen molar-refractivity contribution < 1.29 is 4.79 Å². The zero-order valence-corrected chi connectivity index (χ0v) is 11.2. The summed E-state index contributed by atoms with van der Waals surface area (Å²) in [6, 6.07) is 13.0. The van der Waals surface area contributed by atoms with Crippen LogP contribution >= 0.6 is 0 Å². The lowest BCUT2D eigenvalue weighted by Crippen LogP contribution is -2.26. The monoisotopic (exact) mass is 254 g/mol. The molecule has 19 heavy (non-hydrogen) atoms. The van der Waals surface area contributed by atoms with Crippen LogP contribution in [0.4, 0.5) is 0 Å². The maximum absolute atomic E-state index is 12.4. The third kappa shape index (κ3) is 3.06. The molecular formula is C16H18N2O. The Balaban J connectivity index is 2.17. The average Bonchev–Trinajstić information content (AvgIpc) is 2.46. The van der Waals surface area contributed by atoms with E-state index in [4.69, 9.17) is 5.73 Å². The Labute approximate surface area is 113 Å². The molecule has 2 unspecified atom stereocenters. The van der Waals surface area contributed by atoms with Gasteiger partial charge in [0.05, 0.1) is 0 Å². The number of carbonyl (C=O) groups excluding carboxylic acids is 1. The van der Waals surface area contributed by atoms with Crippen molar-refractivity contribution in [1.82, 2.24) is 4.98 Å². The summed E-state index contributed by atoms with van der Waals surface area (Å²) in [6.45, 7) is 3.76. The minimum absolute atomic E-state index is 0.0313. The van der Waals surface area contributed by atoms with E-state index in [1.807, 2.05) is 50.2 Å². The highest BCUT2D eigenvalue weighted by Crippen LogP contribution is 2.22. The van der Waals surface area contributed by atoms with Crippen LogP contribution in [-0.2, 0) is 0 Å². The van der Waals surface area contributed by atoms with E-state index in [1.165, 1.54) is 0 Å². The van der Waals surface area contributed by atoms with Gasteiger partial charge in [-0.25, -0.2) is 0 Å². The second kappa shape index (κ2) is 5.76. The van der Waals surface area contributed by atoms with Crippen LogP contribution < -0.4 is 5.73 Å². The maximum atomic E-state index is 12.4. The molecule has 1 aromatic carbocycles. The minimum atomic E-state index is -0.296. The second-order valence-electron chi connectivity index (χ2n) is 4.78. The summed E-state index contributed by atoms with van der Waals surface area (Å²) in [6.07, 6.45) is 1.62. The van der Waals surface area contributed by atoms with Gasteiger partial charge in [-0.2, -0.15) is 0 Å². The van der Waals surface area contributed by atoms with Gasteiger partial charge in [0.25, 0.3) is 0 Å². The predicted molar refractivity (Wildman–Crippen MR) is 75.8 cm³/mol. The van der Waals surface area contributed by atoms with Crippen LogP contribution in [0.3, 0.4) is 0 Å². The summed E-state index contributed by atoms with van der Waals surface area (Å²) in [5, 5.41) is 0. The van der Waals surface area contributed by atoms with E-state index in [1.54, 1.807) is 12.3 Å². The van der Waals surface area contributed by atoms with Gasteiger partial charge in [-0.1, -0.05) is 37.3 Å². The fourth-order valence-corrected chi connectivity index (χ4v) is 2.00. The highest BCUT2D eigenvalue weighted by atomic mass is 16.1. The summed E-state index contributed by atoms with van der Waals surface area (Å²) in [7, 11) is 0. The standard InChI is InChI=1S/C16H18N2O/c1-11-8-9-14(10-18-11)16(19)12(2)15(17)13-6-4-3-5-7-13/h3-10,12,15H,17H2,1-2H3. The number of aryl methyl sites for hydroxylation is 1. The Morgan fingerprint density at radius 3 is 2.42 bits per heavy atom. The molecule has 2 N–H and O–H groups in total. The Morgan fingerprint density at radius 2 is 1.84 bits per heavy atom. The first-order chi connectivity index (χ1) is 9.09. The number of hydrogen-bond acceptors (Lipinski definition) is 3. The van der Waals surface area contributed by atoms with Crippen LogP contribution in [0, 0.1) is 12.8 Å². The van der Waals surface area contributed by atoms with Gasteiger partial charge < -0.3 is 5.73 Å². The van der Waals surface area contributed by atoms with Gasteiger partial charge in [-0.15, -0.1) is 0 Å². The molecule has 0 aliphatic heterocycles. The summed E-state index contributed by atoms with van der Waals surface area (Å²) >= 11 is 0. The van der Waals surface area contributed by atoms with Crippen LogP contribution in [0.1, 0.15) is 34.6 Å². The van der Waals surface area contributed by atoms with Crippen molar-refractivity contribution in [2.75, 3.05) is 0 Å². The van der Waals surface area contributed by atoms with Crippen molar-refractivity contribution in [3.63, 3.8) is 0 Å². The first kappa shape index (κ1) is 13.4. The molecule has 0 saturated carbocycles. The number of aromatic nitrogens is 1. The van der Waals surface area contributed by atoms with E-state index in [0.717, 1.165) is 11.3 Å². The fraction of sp³-hybridized carbons (Fsp3) is 0.250. The molecule has 0 spiro atoms. The fourth-order valence-electron chi connectivity index (χ4n) is 2.00. The highest BCUT2D eigenvalue weighted by molar-refractivity contribution is 5.97. The quantitative estimate of drug-likeness (QED) is 0.853. The largest absolute Gasteiger partial charge is 0.323 e. The maximum Gasteiger partial charge on any atom is 0.169 e. The first-order valence-electron chi connectivity index (χ1n) is 6.37. The summed E-state index contributed by atoms with van der Waals surface area (Å²) in [5.41, 5.74) is 8.66. The molecule has 0 aliphatic carbocycles. The lowest BCUT2D eigenvalue weighted by Gasteiger charge is -2.19. The number of hydrogen-bond donors (Lipinski definition) is 1. The van der Waals surface area contributed by atoms with Gasteiger partial charge in [0.15, 0.2) is 5.78 Å². The summed E-state index contributed by atoms with van der Waals surface area (Å²) in [5.74, 6) is -0.240. The number of benzene rings is 1. The number of ketones is 1. The van der Waals surface area contributed by atoms with Crippen molar-refractivity contribution in [1.29, 1.82) is 0 Å². The van der Waals surface area contributed by atoms with E-state index in [0.29, 0.717) is 5.56 Å². The molecule has 2 aromatic rings. The van der Waals surface area contributed by atoms with Crippen molar-refractivity contribution in [2.24, 2.45) is 11.7 Å². The van der Waals surface area contributed by atoms with E-state index >= 15 is 0 Å². The summed E-state index contributed by atoms with van der Waals surface area (Å²) < 4.78 is 0. The normalized spacial score (nSPS) is 13.8. The van der Waals surface area contributed by atoms with Gasteiger partial charge >= 0.3 is 0 Å². The van der Waals surface area contributed by atoms with Crippen LogP contribution in [0.25, 0.3) is 0 Å². The van der Waals surface area contributed by atoms with E-state index in [2.05, 4.69) is 4.98 Å². The number of Topliss-reactive ketones (excluding diaryl/α,β-unsaturated/α-hetero) is 1. The molecule has 1 aromatic heterocycles. The number of nitrogens with zero attached hydrogens (tertiary/aromatic N) is 1. The SMILES string of the molecule is Cc1ccc(C(=O)C(C)C(N)c2ccccc2)cn1.